The summed E-state index contributed by atoms with van der Waals surface area (Å²) in [6.07, 6.45) is 5.94. The van der Waals surface area contributed by atoms with Gasteiger partial charge in [-0.2, -0.15) is 0 Å². The summed E-state index contributed by atoms with van der Waals surface area (Å²) in [6.45, 7) is 7.98. The minimum atomic E-state index is 0.640. The van der Waals surface area contributed by atoms with Gasteiger partial charge in [-0.3, -0.25) is 0 Å². The van der Waals surface area contributed by atoms with E-state index in [4.69, 9.17) is 4.74 Å². The van der Waals surface area contributed by atoms with Gasteiger partial charge in [-0.25, -0.2) is 4.98 Å². The maximum Gasteiger partial charge on any atom is 0.212 e. The van der Waals surface area contributed by atoms with Crippen molar-refractivity contribution in [2.45, 2.75) is 52.6 Å². The van der Waals surface area contributed by atoms with Gasteiger partial charge in [0.15, 0.2) is 0 Å². The van der Waals surface area contributed by atoms with E-state index in [-0.39, 0.29) is 0 Å². The van der Waals surface area contributed by atoms with Crippen LogP contribution in [0.1, 0.15) is 45.6 Å². The van der Waals surface area contributed by atoms with E-state index < -0.39 is 0 Å². The van der Waals surface area contributed by atoms with Crippen molar-refractivity contribution in [2.24, 2.45) is 17.8 Å². The van der Waals surface area contributed by atoms with Crippen molar-refractivity contribution < 1.29 is 4.74 Å². The molecule has 1 aromatic heterocycles. The summed E-state index contributed by atoms with van der Waals surface area (Å²) < 4.78 is 5.09. The van der Waals surface area contributed by atoms with Gasteiger partial charge in [0.2, 0.25) is 5.88 Å². The Morgan fingerprint density at radius 1 is 1.35 bits per heavy atom. The van der Waals surface area contributed by atoms with Gasteiger partial charge in [0, 0.05) is 24.8 Å². The highest BCUT2D eigenvalue weighted by Gasteiger charge is 2.30. The van der Waals surface area contributed by atoms with Gasteiger partial charge in [-0.05, 0) is 36.2 Å². The van der Waals surface area contributed by atoms with Gasteiger partial charge in [0.1, 0.15) is 0 Å². The molecule has 112 valence electrons. The van der Waals surface area contributed by atoms with Gasteiger partial charge in [-0.1, -0.05) is 33.3 Å². The molecule has 0 radical (unpaired) electrons. The van der Waals surface area contributed by atoms with Crippen LogP contribution in [-0.4, -0.2) is 18.1 Å². The lowest BCUT2D eigenvalue weighted by Crippen LogP contribution is -2.42. The van der Waals surface area contributed by atoms with Gasteiger partial charge in [-0.15, -0.1) is 0 Å². The first-order chi connectivity index (χ1) is 9.60. The Morgan fingerprint density at radius 2 is 2.15 bits per heavy atom. The average Bonchev–Trinajstić information content (AvgIpc) is 2.45. The first kappa shape index (κ1) is 15.3. The molecule has 1 aliphatic rings. The summed E-state index contributed by atoms with van der Waals surface area (Å²) in [5.74, 6) is 3.09. The van der Waals surface area contributed by atoms with Crippen LogP contribution < -0.4 is 10.1 Å². The first-order valence-electron chi connectivity index (χ1n) is 7.82. The topological polar surface area (TPSA) is 34.1 Å². The molecule has 1 saturated carbocycles. The van der Waals surface area contributed by atoms with Gasteiger partial charge in [0.25, 0.3) is 0 Å². The summed E-state index contributed by atoms with van der Waals surface area (Å²) in [5, 5.41) is 3.76. The molecular formula is C17H28N2O. The number of rotatable bonds is 5. The Labute approximate surface area is 123 Å². The smallest absolute Gasteiger partial charge is 0.212 e. The largest absolute Gasteiger partial charge is 0.481 e. The molecule has 3 nitrogen and oxygen atoms in total. The molecule has 1 aromatic rings. The lowest BCUT2D eigenvalue weighted by Gasteiger charge is -2.38. The lowest BCUT2D eigenvalue weighted by molar-refractivity contribution is 0.169. The van der Waals surface area contributed by atoms with E-state index in [1.54, 1.807) is 7.11 Å². The molecule has 0 amide bonds. The molecule has 3 heteroatoms. The number of hydrogen-bond acceptors (Lipinski definition) is 3. The van der Waals surface area contributed by atoms with Crippen LogP contribution in [0.2, 0.25) is 0 Å². The summed E-state index contributed by atoms with van der Waals surface area (Å²) >= 11 is 0. The highest BCUT2D eigenvalue weighted by Crippen LogP contribution is 2.33. The van der Waals surface area contributed by atoms with Crippen LogP contribution in [0.4, 0.5) is 0 Å². The molecule has 1 heterocycles. The molecule has 1 aliphatic carbocycles. The van der Waals surface area contributed by atoms with Crippen molar-refractivity contribution in [3.05, 3.63) is 23.9 Å². The second-order valence-corrected chi connectivity index (χ2v) is 6.52. The SMILES string of the molecule is COc1ccc(CNC2CC(C)CCC2C(C)C)cn1. The van der Waals surface area contributed by atoms with E-state index in [0.717, 1.165) is 24.3 Å². The normalized spacial score (nSPS) is 26.8. The van der Waals surface area contributed by atoms with E-state index in [1.807, 2.05) is 12.3 Å². The third-order valence-electron chi connectivity index (χ3n) is 4.60. The lowest BCUT2D eigenvalue weighted by atomic mass is 9.74. The van der Waals surface area contributed by atoms with Crippen LogP contribution in [0.15, 0.2) is 18.3 Å². The Kier molecular flexibility index (Phi) is 5.41. The van der Waals surface area contributed by atoms with Crippen molar-refractivity contribution >= 4 is 0 Å². The zero-order valence-electron chi connectivity index (χ0n) is 13.2. The average molecular weight is 276 g/mol. The summed E-state index contributed by atoms with van der Waals surface area (Å²) in [6, 6.07) is 4.66. The van der Waals surface area contributed by atoms with Crippen LogP contribution in [-0.2, 0) is 6.54 Å². The molecule has 0 aliphatic heterocycles. The molecule has 3 atom stereocenters. The molecule has 2 rings (SSSR count). The highest BCUT2D eigenvalue weighted by molar-refractivity contribution is 5.17. The third-order valence-corrected chi connectivity index (χ3v) is 4.60. The molecule has 20 heavy (non-hydrogen) atoms. The minimum Gasteiger partial charge on any atom is -0.481 e. The van der Waals surface area contributed by atoms with E-state index in [1.165, 1.54) is 24.8 Å². The number of methoxy groups -OCH3 is 1. The fourth-order valence-corrected chi connectivity index (χ4v) is 3.32. The molecule has 0 bridgehead atoms. The molecule has 3 unspecified atom stereocenters. The summed E-state index contributed by atoms with van der Waals surface area (Å²) in [4.78, 5) is 4.27. The molecule has 0 saturated heterocycles. The van der Waals surface area contributed by atoms with E-state index in [2.05, 4.69) is 37.1 Å². The second kappa shape index (κ2) is 7.07. The van der Waals surface area contributed by atoms with E-state index in [9.17, 15) is 0 Å². The maximum atomic E-state index is 5.09. The summed E-state index contributed by atoms with van der Waals surface area (Å²) in [7, 11) is 1.65. The van der Waals surface area contributed by atoms with Gasteiger partial charge < -0.3 is 10.1 Å². The number of nitrogens with one attached hydrogen (secondary N) is 1. The molecule has 0 spiro atoms. The number of nitrogens with zero attached hydrogens (tertiary/aromatic N) is 1. The quantitative estimate of drug-likeness (QED) is 0.891. The van der Waals surface area contributed by atoms with E-state index >= 15 is 0 Å². The standard InChI is InChI=1S/C17H28N2O/c1-12(2)15-7-5-13(3)9-16(15)18-10-14-6-8-17(20-4)19-11-14/h6,8,11-13,15-16,18H,5,7,9-10H2,1-4H3. The van der Waals surface area contributed by atoms with Crippen molar-refractivity contribution in [3.63, 3.8) is 0 Å². The van der Waals surface area contributed by atoms with Crippen LogP contribution in [0, 0.1) is 17.8 Å². The highest BCUT2D eigenvalue weighted by atomic mass is 16.5. The monoisotopic (exact) mass is 276 g/mol. The Hall–Kier alpha value is -1.09. The molecule has 1 N–H and O–H groups in total. The first-order valence-corrected chi connectivity index (χ1v) is 7.82. The van der Waals surface area contributed by atoms with Crippen LogP contribution in [0.25, 0.3) is 0 Å². The minimum absolute atomic E-state index is 0.640. The Bertz CT molecular complexity index is 402. The van der Waals surface area contributed by atoms with Crippen molar-refractivity contribution in [2.75, 3.05) is 7.11 Å². The predicted molar refractivity (Wildman–Crippen MR) is 82.8 cm³/mol. The van der Waals surface area contributed by atoms with Crippen LogP contribution in [0.5, 0.6) is 5.88 Å². The Balaban J connectivity index is 1.92. The van der Waals surface area contributed by atoms with Crippen molar-refractivity contribution in [1.82, 2.24) is 10.3 Å². The molecule has 1 fully saturated rings. The zero-order valence-corrected chi connectivity index (χ0v) is 13.2. The third kappa shape index (κ3) is 3.95. The summed E-state index contributed by atoms with van der Waals surface area (Å²) in [5.41, 5.74) is 1.23. The molecular weight excluding hydrogens is 248 g/mol. The van der Waals surface area contributed by atoms with Crippen LogP contribution >= 0.6 is 0 Å². The van der Waals surface area contributed by atoms with Crippen molar-refractivity contribution in [3.8, 4) is 5.88 Å². The zero-order chi connectivity index (χ0) is 14.5. The Morgan fingerprint density at radius 3 is 2.75 bits per heavy atom. The molecule has 0 aromatic carbocycles. The van der Waals surface area contributed by atoms with E-state index in [0.29, 0.717) is 11.9 Å². The number of ether oxygens (including phenoxy) is 1. The second-order valence-electron chi connectivity index (χ2n) is 6.52. The fraction of sp³-hybridized carbons (Fsp3) is 0.706. The van der Waals surface area contributed by atoms with Gasteiger partial charge in [0.05, 0.1) is 7.11 Å². The number of hydrogen-bond donors (Lipinski definition) is 1. The fourth-order valence-electron chi connectivity index (χ4n) is 3.32. The van der Waals surface area contributed by atoms with Crippen molar-refractivity contribution in [1.29, 1.82) is 0 Å². The maximum absolute atomic E-state index is 5.09. The van der Waals surface area contributed by atoms with Crippen LogP contribution in [0.3, 0.4) is 0 Å². The number of pyridine rings is 1. The number of aromatic nitrogens is 1. The van der Waals surface area contributed by atoms with Gasteiger partial charge >= 0.3 is 0 Å². The predicted octanol–water partition coefficient (Wildman–Crippen LogP) is 3.64.